The number of Topliss-reactive ketones (excluding diaryl/α,β-unsaturated/α-hetero) is 1. The van der Waals surface area contributed by atoms with E-state index in [4.69, 9.17) is 4.74 Å². The second-order valence-electron chi connectivity index (χ2n) is 6.59. The maximum atomic E-state index is 12.6. The van der Waals surface area contributed by atoms with Crippen molar-refractivity contribution in [2.75, 3.05) is 5.32 Å². The van der Waals surface area contributed by atoms with Crippen LogP contribution in [0.25, 0.3) is 0 Å². The van der Waals surface area contributed by atoms with Gasteiger partial charge in [0.1, 0.15) is 11.4 Å². The summed E-state index contributed by atoms with van der Waals surface area (Å²) in [5, 5.41) is 2.55. The topological polar surface area (TPSA) is 68.3 Å². The first-order valence-corrected chi connectivity index (χ1v) is 7.06. The van der Waals surface area contributed by atoms with Crippen LogP contribution >= 0.6 is 0 Å². The predicted octanol–water partition coefficient (Wildman–Crippen LogP) is 4.05. The Morgan fingerprint density at radius 3 is 2.38 bits per heavy atom. The Kier molecular flexibility index (Phi) is 5.10. The maximum Gasteiger partial charge on any atom is 0.413 e. The minimum absolute atomic E-state index is 0.0517. The average Bonchev–Trinajstić information content (AvgIpc) is 2.36. The van der Waals surface area contributed by atoms with Gasteiger partial charge in [0.05, 0.1) is 5.56 Å². The molecule has 1 amide bonds. The van der Waals surface area contributed by atoms with Gasteiger partial charge in [0, 0.05) is 11.6 Å². The number of aromatic nitrogens is 1. The number of anilines is 1. The quantitative estimate of drug-likeness (QED) is 0.850. The molecule has 0 saturated carbocycles. The number of ketones is 1. The molecule has 1 aromatic heterocycles. The Labute approximate surface area is 126 Å². The van der Waals surface area contributed by atoms with Gasteiger partial charge in [-0.2, -0.15) is 0 Å². The normalized spacial score (nSPS) is 11.9. The molecule has 1 heterocycles. The smallest absolute Gasteiger partial charge is 0.413 e. The van der Waals surface area contributed by atoms with E-state index in [0.29, 0.717) is 12.0 Å². The second kappa shape index (κ2) is 6.24. The highest BCUT2D eigenvalue weighted by molar-refractivity contribution is 6.05. The lowest BCUT2D eigenvalue weighted by Gasteiger charge is -2.23. The van der Waals surface area contributed by atoms with Gasteiger partial charge in [-0.3, -0.25) is 10.1 Å². The number of ether oxygens (including phenoxy) is 1. The summed E-state index contributed by atoms with van der Waals surface area (Å²) in [5.41, 5.74) is -0.714. The van der Waals surface area contributed by atoms with Gasteiger partial charge >= 0.3 is 6.09 Å². The summed E-state index contributed by atoms with van der Waals surface area (Å²) in [7, 11) is 0. The molecule has 0 fully saturated rings. The molecule has 0 unspecified atom stereocenters. The van der Waals surface area contributed by atoms with Gasteiger partial charge in [0.25, 0.3) is 0 Å². The summed E-state index contributed by atoms with van der Waals surface area (Å²) >= 11 is 0. The van der Waals surface area contributed by atoms with Gasteiger partial charge in [-0.15, -0.1) is 0 Å². The lowest BCUT2D eigenvalue weighted by molar-refractivity contribution is 0.0635. The predicted molar refractivity (Wildman–Crippen MR) is 82.5 cm³/mol. The van der Waals surface area contributed by atoms with Crippen LogP contribution in [0, 0.1) is 5.41 Å². The average molecular weight is 292 g/mol. The lowest BCUT2D eigenvalue weighted by Crippen LogP contribution is -2.29. The molecule has 21 heavy (non-hydrogen) atoms. The molecule has 116 valence electrons. The Morgan fingerprint density at radius 2 is 1.86 bits per heavy atom. The van der Waals surface area contributed by atoms with E-state index in [1.54, 1.807) is 32.9 Å². The number of carbonyl (C=O) groups is 2. The lowest BCUT2D eigenvalue weighted by atomic mass is 9.82. The molecule has 1 N–H and O–H groups in total. The second-order valence-corrected chi connectivity index (χ2v) is 6.59. The zero-order valence-electron chi connectivity index (χ0n) is 13.6. The van der Waals surface area contributed by atoms with Gasteiger partial charge in [-0.25, -0.2) is 9.78 Å². The van der Waals surface area contributed by atoms with E-state index in [1.165, 1.54) is 6.20 Å². The Hall–Kier alpha value is -1.91. The first kappa shape index (κ1) is 17.1. The fourth-order valence-corrected chi connectivity index (χ4v) is 1.61. The van der Waals surface area contributed by atoms with Crippen LogP contribution in [0.2, 0.25) is 0 Å². The van der Waals surface area contributed by atoms with E-state index in [1.807, 2.05) is 20.8 Å². The van der Waals surface area contributed by atoms with Crippen LogP contribution in [-0.4, -0.2) is 22.5 Å². The summed E-state index contributed by atoms with van der Waals surface area (Å²) < 4.78 is 5.19. The minimum atomic E-state index is -0.621. The van der Waals surface area contributed by atoms with Crippen molar-refractivity contribution in [3.8, 4) is 0 Å². The van der Waals surface area contributed by atoms with Gasteiger partial charge in [-0.1, -0.05) is 20.8 Å². The molecule has 5 heteroatoms. The molecule has 0 aliphatic rings. The van der Waals surface area contributed by atoms with E-state index in [9.17, 15) is 9.59 Å². The van der Waals surface area contributed by atoms with Crippen LogP contribution in [0.1, 0.15) is 58.3 Å². The van der Waals surface area contributed by atoms with Crippen LogP contribution in [0.15, 0.2) is 18.3 Å². The van der Waals surface area contributed by atoms with Crippen LogP contribution < -0.4 is 5.32 Å². The molecule has 0 saturated heterocycles. The maximum absolute atomic E-state index is 12.6. The fourth-order valence-electron chi connectivity index (χ4n) is 1.61. The molecule has 1 aromatic rings. The van der Waals surface area contributed by atoms with E-state index >= 15 is 0 Å². The number of pyridine rings is 1. The first-order valence-electron chi connectivity index (χ1n) is 7.06. The highest BCUT2D eigenvalue weighted by atomic mass is 16.6. The molecule has 0 spiro atoms. The molecule has 0 aliphatic heterocycles. The van der Waals surface area contributed by atoms with Gasteiger partial charge in [0.15, 0.2) is 5.78 Å². The van der Waals surface area contributed by atoms with E-state index < -0.39 is 17.1 Å². The molecule has 1 rings (SSSR count). The number of carbonyl (C=O) groups excluding carboxylic acids is 2. The minimum Gasteiger partial charge on any atom is -0.444 e. The van der Waals surface area contributed by atoms with Crippen molar-refractivity contribution in [1.29, 1.82) is 0 Å². The van der Waals surface area contributed by atoms with Crippen molar-refractivity contribution in [2.45, 2.75) is 53.6 Å². The third kappa shape index (κ3) is 4.85. The zero-order chi connectivity index (χ0) is 16.3. The number of nitrogens with zero attached hydrogens (tertiary/aromatic N) is 1. The first-order chi connectivity index (χ1) is 9.57. The number of rotatable bonds is 4. The molecule has 0 bridgehead atoms. The fraction of sp³-hybridized carbons (Fsp3) is 0.562. The Bertz CT molecular complexity index is 531. The molecular weight excluding hydrogens is 268 g/mol. The van der Waals surface area contributed by atoms with E-state index in [0.717, 1.165) is 0 Å². The Morgan fingerprint density at radius 1 is 1.24 bits per heavy atom. The summed E-state index contributed by atoms with van der Waals surface area (Å²) in [5.74, 6) is 0.183. The van der Waals surface area contributed by atoms with Crippen LogP contribution in [0.5, 0.6) is 0 Å². The number of hydrogen-bond donors (Lipinski definition) is 1. The summed E-state index contributed by atoms with van der Waals surface area (Å²) in [6.07, 6.45) is 1.61. The summed E-state index contributed by atoms with van der Waals surface area (Å²) in [6, 6.07) is 3.35. The van der Waals surface area contributed by atoms with Crippen molar-refractivity contribution < 1.29 is 14.3 Å². The highest BCUT2D eigenvalue weighted by Crippen LogP contribution is 2.28. The monoisotopic (exact) mass is 292 g/mol. The largest absolute Gasteiger partial charge is 0.444 e. The number of nitrogens with one attached hydrogen (secondary N) is 1. The zero-order valence-corrected chi connectivity index (χ0v) is 13.6. The highest BCUT2D eigenvalue weighted by Gasteiger charge is 2.29. The van der Waals surface area contributed by atoms with Crippen LogP contribution in [-0.2, 0) is 4.74 Å². The Balaban J connectivity index is 3.01. The van der Waals surface area contributed by atoms with Gasteiger partial charge < -0.3 is 4.74 Å². The van der Waals surface area contributed by atoms with Crippen LogP contribution in [0.4, 0.5) is 10.6 Å². The van der Waals surface area contributed by atoms with Crippen molar-refractivity contribution in [3.05, 3.63) is 23.9 Å². The number of hydrogen-bond acceptors (Lipinski definition) is 4. The third-order valence-corrected chi connectivity index (χ3v) is 3.17. The van der Waals surface area contributed by atoms with Crippen molar-refractivity contribution in [1.82, 2.24) is 4.98 Å². The van der Waals surface area contributed by atoms with Gasteiger partial charge in [0.2, 0.25) is 0 Å². The summed E-state index contributed by atoms with van der Waals surface area (Å²) in [4.78, 5) is 28.5. The molecule has 5 nitrogen and oxygen atoms in total. The van der Waals surface area contributed by atoms with Crippen molar-refractivity contribution in [2.24, 2.45) is 5.41 Å². The standard InChI is InChI=1S/C16H24N2O3/c1-7-16(5,6)12(19)11-9-8-10-17-13(11)18-14(20)21-15(2,3)4/h8-10H,7H2,1-6H3,(H,17,18,20). The van der Waals surface area contributed by atoms with E-state index in [-0.39, 0.29) is 11.6 Å². The molecule has 0 aromatic carbocycles. The molecule has 0 radical (unpaired) electrons. The number of amides is 1. The SMILES string of the molecule is CCC(C)(C)C(=O)c1cccnc1NC(=O)OC(C)(C)C. The van der Waals surface area contributed by atoms with Crippen LogP contribution in [0.3, 0.4) is 0 Å². The van der Waals surface area contributed by atoms with Gasteiger partial charge in [-0.05, 0) is 39.3 Å². The summed E-state index contributed by atoms with van der Waals surface area (Å²) in [6.45, 7) is 11.0. The van der Waals surface area contributed by atoms with Crippen molar-refractivity contribution in [3.63, 3.8) is 0 Å². The molecular formula is C16H24N2O3. The van der Waals surface area contributed by atoms with E-state index in [2.05, 4.69) is 10.3 Å². The van der Waals surface area contributed by atoms with Crippen molar-refractivity contribution >= 4 is 17.7 Å². The molecule has 0 aliphatic carbocycles. The molecule has 0 atom stereocenters. The third-order valence-electron chi connectivity index (χ3n) is 3.17.